The van der Waals surface area contributed by atoms with E-state index in [4.69, 9.17) is 10.00 Å². The van der Waals surface area contributed by atoms with E-state index in [0.29, 0.717) is 5.92 Å². The van der Waals surface area contributed by atoms with Crippen molar-refractivity contribution in [1.29, 1.82) is 5.26 Å². The van der Waals surface area contributed by atoms with E-state index in [-0.39, 0.29) is 5.92 Å². The van der Waals surface area contributed by atoms with Gasteiger partial charge in [0.05, 0.1) is 6.07 Å². The number of nitriles is 1. The fourth-order valence-electron chi connectivity index (χ4n) is 1.65. The van der Waals surface area contributed by atoms with Crippen LogP contribution in [0.5, 0.6) is 0 Å². The van der Waals surface area contributed by atoms with Crippen LogP contribution in [-0.2, 0) is 4.74 Å². The van der Waals surface area contributed by atoms with Gasteiger partial charge in [-0.3, -0.25) is 0 Å². The summed E-state index contributed by atoms with van der Waals surface area (Å²) < 4.78 is 5.23. The molecular formula is C9H15NO. The normalized spacial score (nSPS) is 22.5. The predicted molar refractivity (Wildman–Crippen MR) is 42.9 cm³/mol. The zero-order valence-corrected chi connectivity index (χ0v) is 7.05. The maximum Gasteiger partial charge on any atom is 0.0658 e. The van der Waals surface area contributed by atoms with Crippen molar-refractivity contribution < 1.29 is 4.74 Å². The molecule has 2 nitrogen and oxygen atoms in total. The van der Waals surface area contributed by atoms with Gasteiger partial charge in [-0.05, 0) is 25.2 Å². The van der Waals surface area contributed by atoms with Crippen LogP contribution in [-0.4, -0.2) is 13.2 Å². The molecule has 0 aliphatic carbocycles. The van der Waals surface area contributed by atoms with Crippen LogP contribution < -0.4 is 0 Å². The third-order valence-corrected chi connectivity index (χ3v) is 2.44. The average molecular weight is 153 g/mol. The van der Waals surface area contributed by atoms with Gasteiger partial charge >= 0.3 is 0 Å². The molecule has 1 rings (SSSR count). The van der Waals surface area contributed by atoms with E-state index >= 15 is 0 Å². The summed E-state index contributed by atoms with van der Waals surface area (Å²) in [6.07, 6.45) is 3.14. The van der Waals surface area contributed by atoms with Crippen molar-refractivity contribution in [2.45, 2.75) is 26.2 Å². The first-order valence-electron chi connectivity index (χ1n) is 4.35. The Morgan fingerprint density at radius 2 is 2.18 bits per heavy atom. The highest BCUT2D eigenvalue weighted by Crippen LogP contribution is 2.25. The monoisotopic (exact) mass is 153 g/mol. The van der Waals surface area contributed by atoms with Crippen LogP contribution in [0.2, 0.25) is 0 Å². The van der Waals surface area contributed by atoms with Crippen molar-refractivity contribution in [3.8, 4) is 6.07 Å². The van der Waals surface area contributed by atoms with E-state index in [2.05, 4.69) is 13.0 Å². The number of ether oxygens (including phenoxy) is 1. The van der Waals surface area contributed by atoms with Gasteiger partial charge in [-0.1, -0.05) is 6.92 Å². The fraction of sp³-hybridized carbons (Fsp3) is 0.889. The van der Waals surface area contributed by atoms with Crippen molar-refractivity contribution in [3.63, 3.8) is 0 Å². The molecule has 62 valence electrons. The van der Waals surface area contributed by atoms with Gasteiger partial charge in [-0.2, -0.15) is 5.26 Å². The largest absolute Gasteiger partial charge is 0.381 e. The fourth-order valence-corrected chi connectivity index (χ4v) is 1.65. The van der Waals surface area contributed by atoms with Crippen molar-refractivity contribution in [2.24, 2.45) is 11.8 Å². The van der Waals surface area contributed by atoms with Gasteiger partial charge in [0.15, 0.2) is 0 Å². The van der Waals surface area contributed by atoms with Gasteiger partial charge in [0, 0.05) is 19.1 Å². The first-order valence-corrected chi connectivity index (χ1v) is 4.35. The maximum atomic E-state index is 8.79. The first kappa shape index (κ1) is 8.55. The molecule has 0 aromatic rings. The van der Waals surface area contributed by atoms with E-state index < -0.39 is 0 Å². The Labute approximate surface area is 68.2 Å². The molecule has 0 bridgehead atoms. The van der Waals surface area contributed by atoms with Crippen LogP contribution in [0, 0.1) is 23.2 Å². The summed E-state index contributed by atoms with van der Waals surface area (Å²) in [6.45, 7) is 3.79. The molecule has 0 aromatic heterocycles. The summed E-state index contributed by atoms with van der Waals surface area (Å²) in [6, 6.07) is 2.37. The van der Waals surface area contributed by atoms with Crippen molar-refractivity contribution >= 4 is 0 Å². The van der Waals surface area contributed by atoms with E-state index in [1.54, 1.807) is 0 Å². The van der Waals surface area contributed by atoms with Crippen molar-refractivity contribution in [3.05, 3.63) is 0 Å². The molecule has 1 heterocycles. The number of rotatable bonds is 2. The van der Waals surface area contributed by atoms with Crippen LogP contribution in [0.25, 0.3) is 0 Å². The lowest BCUT2D eigenvalue weighted by molar-refractivity contribution is 0.0542. The molecule has 1 saturated heterocycles. The highest BCUT2D eigenvalue weighted by atomic mass is 16.5. The molecule has 1 fully saturated rings. The topological polar surface area (TPSA) is 33.0 Å². The second-order valence-corrected chi connectivity index (χ2v) is 3.09. The van der Waals surface area contributed by atoms with Crippen molar-refractivity contribution in [1.82, 2.24) is 0 Å². The Morgan fingerprint density at radius 1 is 1.55 bits per heavy atom. The standard InChI is InChI=1S/C9H15NO/c1-2-8(7-10)9-3-5-11-6-4-9/h8-9H,2-6H2,1H3. The molecule has 1 aliphatic rings. The highest BCUT2D eigenvalue weighted by molar-refractivity contribution is 4.87. The molecule has 0 amide bonds. The van der Waals surface area contributed by atoms with Crippen LogP contribution >= 0.6 is 0 Å². The maximum absolute atomic E-state index is 8.79. The smallest absolute Gasteiger partial charge is 0.0658 e. The minimum absolute atomic E-state index is 0.263. The number of hydrogen-bond donors (Lipinski definition) is 0. The van der Waals surface area contributed by atoms with E-state index in [1.165, 1.54) is 0 Å². The minimum atomic E-state index is 0.263. The second kappa shape index (κ2) is 4.35. The second-order valence-electron chi connectivity index (χ2n) is 3.09. The summed E-state index contributed by atoms with van der Waals surface area (Å²) in [5.74, 6) is 0.859. The summed E-state index contributed by atoms with van der Waals surface area (Å²) in [4.78, 5) is 0. The summed E-state index contributed by atoms with van der Waals surface area (Å²) in [5, 5.41) is 8.79. The number of hydrogen-bond acceptors (Lipinski definition) is 2. The molecular weight excluding hydrogens is 138 g/mol. The number of nitrogens with zero attached hydrogens (tertiary/aromatic N) is 1. The lowest BCUT2D eigenvalue weighted by Gasteiger charge is -2.24. The van der Waals surface area contributed by atoms with Crippen LogP contribution in [0.1, 0.15) is 26.2 Å². The molecule has 0 aromatic carbocycles. The Balaban J connectivity index is 2.38. The van der Waals surface area contributed by atoms with E-state index in [9.17, 15) is 0 Å². The van der Waals surface area contributed by atoms with Crippen LogP contribution in [0.15, 0.2) is 0 Å². The summed E-state index contributed by atoms with van der Waals surface area (Å²) in [5.41, 5.74) is 0. The molecule has 1 unspecified atom stereocenters. The summed E-state index contributed by atoms with van der Waals surface area (Å²) >= 11 is 0. The zero-order valence-electron chi connectivity index (χ0n) is 7.05. The minimum Gasteiger partial charge on any atom is -0.381 e. The Morgan fingerprint density at radius 3 is 2.64 bits per heavy atom. The first-order chi connectivity index (χ1) is 5.38. The average Bonchev–Trinajstić information content (AvgIpc) is 2.09. The molecule has 11 heavy (non-hydrogen) atoms. The lowest BCUT2D eigenvalue weighted by Crippen LogP contribution is -2.21. The van der Waals surface area contributed by atoms with Gasteiger partial charge in [0.2, 0.25) is 0 Å². The van der Waals surface area contributed by atoms with Gasteiger partial charge in [-0.25, -0.2) is 0 Å². The Hall–Kier alpha value is -0.550. The summed E-state index contributed by atoms with van der Waals surface area (Å²) in [7, 11) is 0. The van der Waals surface area contributed by atoms with Crippen LogP contribution in [0.3, 0.4) is 0 Å². The Bertz CT molecular complexity index is 144. The molecule has 2 heteroatoms. The third kappa shape index (κ3) is 2.20. The van der Waals surface area contributed by atoms with E-state index in [0.717, 1.165) is 32.5 Å². The molecule has 0 saturated carbocycles. The van der Waals surface area contributed by atoms with Crippen LogP contribution in [0.4, 0.5) is 0 Å². The zero-order chi connectivity index (χ0) is 8.10. The van der Waals surface area contributed by atoms with Gasteiger partial charge in [0.1, 0.15) is 0 Å². The molecule has 0 N–H and O–H groups in total. The Kier molecular flexibility index (Phi) is 3.38. The lowest BCUT2D eigenvalue weighted by atomic mass is 9.85. The highest BCUT2D eigenvalue weighted by Gasteiger charge is 2.21. The predicted octanol–water partition coefficient (Wildman–Crippen LogP) is 1.96. The van der Waals surface area contributed by atoms with Crippen molar-refractivity contribution in [2.75, 3.05) is 13.2 Å². The quantitative estimate of drug-likeness (QED) is 0.607. The molecule has 1 atom stereocenters. The SMILES string of the molecule is CCC(C#N)C1CCOCC1. The molecule has 0 radical (unpaired) electrons. The molecule has 1 aliphatic heterocycles. The molecule has 0 spiro atoms. The van der Waals surface area contributed by atoms with Gasteiger partial charge in [0.25, 0.3) is 0 Å². The van der Waals surface area contributed by atoms with Gasteiger partial charge < -0.3 is 4.74 Å². The van der Waals surface area contributed by atoms with E-state index in [1.807, 2.05) is 0 Å². The van der Waals surface area contributed by atoms with Gasteiger partial charge in [-0.15, -0.1) is 0 Å². The third-order valence-electron chi connectivity index (χ3n) is 2.44.